The van der Waals surface area contributed by atoms with Crippen LogP contribution in [0.25, 0.3) is 0 Å². The predicted octanol–water partition coefficient (Wildman–Crippen LogP) is 3.17. The highest BCUT2D eigenvalue weighted by Crippen LogP contribution is 2.27. The fourth-order valence-electron chi connectivity index (χ4n) is 1.64. The number of benzene rings is 1. The van der Waals surface area contributed by atoms with Crippen LogP contribution in [0.1, 0.15) is 13.8 Å². The second kappa shape index (κ2) is 6.91. The first-order chi connectivity index (χ1) is 8.86. The summed E-state index contributed by atoms with van der Waals surface area (Å²) in [6, 6.07) is 5.43. The maximum Gasteiger partial charge on any atom is 0.235 e. The van der Waals surface area contributed by atoms with Crippen molar-refractivity contribution in [3.05, 3.63) is 27.1 Å². The van der Waals surface area contributed by atoms with Crippen molar-refractivity contribution in [2.24, 2.45) is 22.7 Å². The van der Waals surface area contributed by atoms with E-state index in [-0.39, 0.29) is 17.7 Å². The maximum atomic E-state index is 12.2. The lowest BCUT2D eigenvalue weighted by molar-refractivity contribution is -0.119. The third-order valence-electron chi connectivity index (χ3n) is 2.57. The van der Waals surface area contributed by atoms with Gasteiger partial charge in [0.25, 0.3) is 0 Å². The van der Waals surface area contributed by atoms with E-state index in [4.69, 9.17) is 10.9 Å². The summed E-state index contributed by atoms with van der Waals surface area (Å²) < 4.78 is 1.60. The summed E-state index contributed by atoms with van der Waals surface area (Å²) in [5, 5.41) is 14.4. The Morgan fingerprint density at radius 3 is 2.58 bits per heavy atom. The van der Waals surface area contributed by atoms with Crippen LogP contribution in [-0.4, -0.2) is 17.0 Å². The quantitative estimate of drug-likeness (QED) is 0.318. The first-order valence-corrected chi connectivity index (χ1v) is 7.18. The monoisotopic (exact) mass is 391 g/mol. The second-order valence-electron chi connectivity index (χ2n) is 4.36. The van der Waals surface area contributed by atoms with E-state index < -0.39 is 5.92 Å². The Hall–Kier alpha value is -1.08. The molecule has 0 fully saturated rings. The minimum Gasteiger partial charge on any atom is -0.409 e. The van der Waals surface area contributed by atoms with E-state index in [9.17, 15) is 4.79 Å². The van der Waals surface area contributed by atoms with Crippen molar-refractivity contribution in [3.8, 4) is 0 Å². The molecule has 0 saturated heterocycles. The molecule has 0 aliphatic rings. The van der Waals surface area contributed by atoms with Crippen LogP contribution in [0.5, 0.6) is 0 Å². The number of hydrogen-bond acceptors (Lipinski definition) is 3. The summed E-state index contributed by atoms with van der Waals surface area (Å²) >= 11 is 6.69. The molecule has 104 valence electrons. The van der Waals surface area contributed by atoms with E-state index in [1.54, 1.807) is 6.07 Å². The number of nitrogens with zero attached hydrogens (tertiary/aromatic N) is 1. The van der Waals surface area contributed by atoms with Gasteiger partial charge >= 0.3 is 0 Å². The predicted molar refractivity (Wildman–Crippen MR) is 82.2 cm³/mol. The molecule has 0 heterocycles. The van der Waals surface area contributed by atoms with Gasteiger partial charge in [0.2, 0.25) is 5.91 Å². The van der Waals surface area contributed by atoms with Crippen LogP contribution in [0.15, 0.2) is 32.3 Å². The molecule has 1 aromatic rings. The Kier molecular flexibility index (Phi) is 5.81. The van der Waals surface area contributed by atoms with Crippen molar-refractivity contribution in [2.75, 3.05) is 5.32 Å². The van der Waals surface area contributed by atoms with Crippen LogP contribution in [0, 0.1) is 11.8 Å². The first kappa shape index (κ1) is 16.0. The normalized spacial score (nSPS) is 13.4. The number of halogens is 2. The van der Waals surface area contributed by atoms with E-state index in [1.165, 1.54) is 0 Å². The average Bonchev–Trinajstić information content (AvgIpc) is 2.33. The first-order valence-electron chi connectivity index (χ1n) is 5.60. The summed E-state index contributed by atoms with van der Waals surface area (Å²) in [5.74, 6) is -1.18. The van der Waals surface area contributed by atoms with Crippen LogP contribution in [0.4, 0.5) is 5.69 Å². The molecule has 7 heteroatoms. The molecule has 4 N–H and O–H groups in total. The minimum atomic E-state index is -0.684. The SMILES string of the molecule is CC(C)C(C(=O)Nc1cc(Br)ccc1Br)C(N)=NO. The zero-order valence-corrected chi connectivity index (χ0v) is 13.7. The lowest BCUT2D eigenvalue weighted by Gasteiger charge is -2.19. The number of anilines is 1. The molecule has 1 rings (SSSR count). The zero-order valence-electron chi connectivity index (χ0n) is 10.5. The number of nitrogens with one attached hydrogen (secondary N) is 1. The molecule has 0 radical (unpaired) electrons. The fraction of sp³-hybridized carbons (Fsp3) is 0.333. The van der Waals surface area contributed by atoms with Crippen LogP contribution in [0.2, 0.25) is 0 Å². The summed E-state index contributed by atoms with van der Waals surface area (Å²) in [6.45, 7) is 3.66. The summed E-state index contributed by atoms with van der Waals surface area (Å²) in [5.41, 5.74) is 6.18. The van der Waals surface area contributed by atoms with Crippen molar-refractivity contribution >= 4 is 49.3 Å². The van der Waals surface area contributed by atoms with Gasteiger partial charge in [-0.25, -0.2) is 0 Å². The molecule has 0 bridgehead atoms. The maximum absolute atomic E-state index is 12.2. The molecule has 0 aliphatic heterocycles. The lowest BCUT2D eigenvalue weighted by atomic mass is 9.94. The molecule has 1 amide bonds. The summed E-state index contributed by atoms with van der Waals surface area (Å²) in [7, 11) is 0. The van der Waals surface area contributed by atoms with Crippen molar-refractivity contribution in [2.45, 2.75) is 13.8 Å². The summed E-state index contributed by atoms with van der Waals surface area (Å²) in [4.78, 5) is 12.2. The topological polar surface area (TPSA) is 87.7 Å². The van der Waals surface area contributed by atoms with Crippen LogP contribution in [-0.2, 0) is 4.79 Å². The van der Waals surface area contributed by atoms with E-state index in [0.717, 1.165) is 8.95 Å². The van der Waals surface area contributed by atoms with Gasteiger partial charge in [0.1, 0.15) is 5.92 Å². The van der Waals surface area contributed by atoms with Gasteiger partial charge in [-0.3, -0.25) is 4.79 Å². The molecule has 19 heavy (non-hydrogen) atoms. The van der Waals surface area contributed by atoms with E-state index in [0.29, 0.717) is 5.69 Å². The smallest absolute Gasteiger partial charge is 0.235 e. The van der Waals surface area contributed by atoms with Gasteiger partial charge in [-0.2, -0.15) is 0 Å². The van der Waals surface area contributed by atoms with E-state index in [1.807, 2.05) is 26.0 Å². The zero-order chi connectivity index (χ0) is 14.6. The van der Waals surface area contributed by atoms with Crippen molar-refractivity contribution in [1.29, 1.82) is 0 Å². The highest BCUT2D eigenvalue weighted by molar-refractivity contribution is 9.11. The molecule has 1 unspecified atom stereocenters. The lowest BCUT2D eigenvalue weighted by Crippen LogP contribution is -2.38. The van der Waals surface area contributed by atoms with Gasteiger partial charge in [-0.05, 0) is 40.0 Å². The number of amides is 1. The fourth-order valence-corrected chi connectivity index (χ4v) is 2.35. The largest absolute Gasteiger partial charge is 0.409 e. The van der Waals surface area contributed by atoms with Crippen molar-refractivity contribution in [1.82, 2.24) is 0 Å². The molecule has 0 aliphatic carbocycles. The molecule has 0 saturated carbocycles. The minimum absolute atomic E-state index is 0.0816. The Bertz CT molecular complexity index is 504. The number of amidine groups is 1. The van der Waals surface area contributed by atoms with Crippen molar-refractivity contribution < 1.29 is 10.0 Å². The number of carbonyl (C=O) groups is 1. The highest BCUT2D eigenvalue weighted by Gasteiger charge is 2.27. The molecule has 1 aromatic carbocycles. The van der Waals surface area contributed by atoms with E-state index in [2.05, 4.69) is 42.3 Å². The van der Waals surface area contributed by atoms with Crippen LogP contribution in [0.3, 0.4) is 0 Å². The number of rotatable bonds is 4. The molecule has 0 spiro atoms. The highest BCUT2D eigenvalue weighted by atomic mass is 79.9. The van der Waals surface area contributed by atoms with Gasteiger partial charge in [0.05, 0.1) is 5.69 Å². The van der Waals surface area contributed by atoms with Gasteiger partial charge < -0.3 is 16.3 Å². The van der Waals surface area contributed by atoms with Gasteiger partial charge in [0.15, 0.2) is 5.84 Å². The standard InChI is InChI=1S/C12H15Br2N3O2/c1-6(2)10(11(15)17-19)12(18)16-9-5-7(13)3-4-8(9)14/h3-6,10,19H,1-2H3,(H2,15,17)(H,16,18). The van der Waals surface area contributed by atoms with Crippen LogP contribution >= 0.6 is 31.9 Å². The molecule has 5 nitrogen and oxygen atoms in total. The number of hydrogen-bond donors (Lipinski definition) is 3. The molecular weight excluding hydrogens is 378 g/mol. The van der Waals surface area contributed by atoms with Crippen molar-refractivity contribution in [3.63, 3.8) is 0 Å². The molecular formula is C12H15Br2N3O2. The van der Waals surface area contributed by atoms with Gasteiger partial charge in [-0.1, -0.05) is 34.9 Å². The molecule has 0 aromatic heterocycles. The third-order valence-corrected chi connectivity index (χ3v) is 3.75. The number of nitrogens with two attached hydrogens (primary N) is 1. The second-order valence-corrected chi connectivity index (χ2v) is 6.13. The van der Waals surface area contributed by atoms with E-state index >= 15 is 0 Å². The Balaban J connectivity index is 2.97. The van der Waals surface area contributed by atoms with Crippen LogP contribution < -0.4 is 11.1 Å². The van der Waals surface area contributed by atoms with Gasteiger partial charge in [-0.15, -0.1) is 0 Å². The molecule has 1 atom stereocenters. The average molecular weight is 393 g/mol. The summed E-state index contributed by atoms with van der Waals surface area (Å²) in [6.07, 6.45) is 0. The van der Waals surface area contributed by atoms with Gasteiger partial charge in [0, 0.05) is 8.95 Å². The Labute approximate surface area is 128 Å². The number of carbonyl (C=O) groups excluding carboxylic acids is 1. The Morgan fingerprint density at radius 2 is 2.05 bits per heavy atom. The third kappa shape index (κ3) is 4.21. The Morgan fingerprint density at radius 1 is 1.42 bits per heavy atom. The number of oxime groups is 1.